The number of ether oxygens (including phenoxy) is 1. The molecule has 1 N–H and O–H groups in total. The summed E-state index contributed by atoms with van der Waals surface area (Å²) in [7, 11) is 1.80. The molecule has 0 aliphatic rings. The molecular weight excluding hydrogens is 279 g/mol. The standard InChI is InChI=1S/C16H24F3NO/c1-4-12(2)13-5-7-14(8-6-13)15(20-3)9-10-21-11-16(17,18)19/h5-8,12,15,20H,4,9-11H2,1-3H3. The molecule has 0 spiro atoms. The molecule has 2 unspecified atom stereocenters. The van der Waals surface area contributed by atoms with E-state index in [1.165, 1.54) is 5.56 Å². The Morgan fingerprint density at radius 1 is 1.14 bits per heavy atom. The molecule has 5 heteroatoms. The fourth-order valence-electron chi connectivity index (χ4n) is 2.16. The summed E-state index contributed by atoms with van der Waals surface area (Å²) in [6, 6.07) is 8.25. The number of halogens is 3. The molecule has 0 heterocycles. The summed E-state index contributed by atoms with van der Waals surface area (Å²) in [5.41, 5.74) is 2.35. The van der Waals surface area contributed by atoms with E-state index >= 15 is 0 Å². The van der Waals surface area contributed by atoms with Crippen LogP contribution in [0.3, 0.4) is 0 Å². The Balaban J connectivity index is 2.52. The summed E-state index contributed by atoms with van der Waals surface area (Å²) in [4.78, 5) is 0. The van der Waals surface area contributed by atoms with E-state index in [2.05, 4.69) is 36.0 Å². The largest absolute Gasteiger partial charge is 0.411 e. The third kappa shape index (κ3) is 6.48. The fraction of sp³-hybridized carbons (Fsp3) is 0.625. The first-order valence-electron chi connectivity index (χ1n) is 7.29. The van der Waals surface area contributed by atoms with Crippen molar-refractivity contribution in [2.24, 2.45) is 0 Å². The lowest BCUT2D eigenvalue weighted by molar-refractivity contribution is -0.174. The summed E-state index contributed by atoms with van der Waals surface area (Å²) < 4.78 is 40.7. The number of benzene rings is 1. The van der Waals surface area contributed by atoms with Gasteiger partial charge in [-0.15, -0.1) is 0 Å². The van der Waals surface area contributed by atoms with Crippen molar-refractivity contribution in [1.82, 2.24) is 5.32 Å². The van der Waals surface area contributed by atoms with Crippen LogP contribution in [-0.4, -0.2) is 26.4 Å². The molecule has 0 aliphatic carbocycles. The maximum Gasteiger partial charge on any atom is 0.411 e. The highest BCUT2D eigenvalue weighted by molar-refractivity contribution is 5.27. The molecule has 0 radical (unpaired) electrons. The minimum Gasteiger partial charge on any atom is -0.372 e. The van der Waals surface area contributed by atoms with E-state index in [1.54, 1.807) is 7.05 Å². The summed E-state index contributed by atoms with van der Waals surface area (Å²) in [5, 5.41) is 3.12. The normalized spacial score (nSPS) is 15.0. The molecule has 0 aliphatic heterocycles. The van der Waals surface area contributed by atoms with E-state index < -0.39 is 12.8 Å². The molecule has 0 bridgehead atoms. The minimum absolute atomic E-state index is 0.00390. The van der Waals surface area contributed by atoms with Crippen molar-refractivity contribution in [2.45, 2.75) is 44.8 Å². The van der Waals surface area contributed by atoms with Gasteiger partial charge in [0.25, 0.3) is 0 Å². The number of alkyl halides is 3. The zero-order chi connectivity index (χ0) is 15.9. The predicted octanol–water partition coefficient (Wildman–Crippen LogP) is 4.43. The van der Waals surface area contributed by atoms with Gasteiger partial charge in [0.2, 0.25) is 0 Å². The molecule has 21 heavy (non-hydrogen) atoms. The molecule has 0 fully saturated rings. The van der Waals surface area contributed by atoms with Crippen molar-refractivity contribution in [3.63, 3.8) is 0 Å². The number of rotatable bonds is 8. The van der Waals surface area contributed by atoms with Crippen LogP contribution in [0, 0.1) is 0 Å². The summed E-state index contributed by atoms with van der Waals surface area (Å²) in [6.45, 7) is 3.22. The van der Waals surface area contributed by atoms with Crippen molar-refractivity contribution in [2.75, 3.05) is 20.3 Å². The lowest BCUT2D eigenvalue weighted by Gasteiger charge is -2.18. The van der Waals surface area contributed by atoms with E-state index in [-0.39, 0.29) is 12.6 Å². The molecule has 0 aromatic heterocycles. The third-order valence-electron chi connectivity index (χ3n) is 3.69. The van der Waals surface area contributed by atoms with E-state index in [9.17, 15) is 13.2 Å². The van der Waals surface area contributed by atoms with Gasteiger partial charge in [0.15, 0.2) is 0 Å². The Kier molecular flexibility index (Phi) is 7.18. The van der Waals surface area contributed by atoms with E-state index in [4.69, 9.17) is 0 Å². The van der Waals surface area contributed by atoms with Crippen LogP contribution in [0.4, 0.5) is 13.2 Å². The molecule has 120 valence electrons. The smallest absolute Gasteiger partial charge is 0.372 e. The molecule has 0 saturated carbocycles. The summed E-state index contributed by atoms with van der Waals surface area (Å²) in [6.07, 6.45) is -2.66. The monoisotopic (exact) mass is 303 g/mol. The fourth-order valence-corrected chi connectivity index (χ4v) is 2.16. The SMILES string of the molecule is CCC(C)c1ccc(C(CCOCC(F)(F)F)NC)cc1. The second-order valence-electron chi connectivity index (χ2n) is 5.27. The van der Waals surface area contributed by atoms with E-state index in [0.29, 0.717) is 12.3 Å². The summed E-state index contributed by atoms with van der Waals surface area (Å²) in [5.74, 6) is 0.516. The van der Waals surface area contributed by atoms with Gasteiger partial charge in [0.1, 0.15) is 6.61 Å². The minimum atomic E-state index is -4.26. The quantitative estimate of drug-likeness (QED) is 0.717. The van der Waals surface area contributed by atoms with Crippen molar-refractivity contribution in [3.05, 3.63) is 35.4 Å². The topological polar surface area (TPSA) is 21.3 Å². The number of hydrogen-bond acceptors (Lipinski definition) is 2. The molecular formula is C16H24F3NO. The second kappa shape index (κ2) is 8.39. The van der Waals surface area contributed by atoms with Gasteiger partial charge in [-0.25, -0.2) is 0 Å². The lowest BCUT2D eigenvalue weighted by atomic mass is 9.95. The van der Waals surface area contributed by atoms with Gasteiger partial charge in [-0.3, -0.25) is 0 Å². The van der Waals surface area contributed by atoms with Crippen molar-refractivity contribution in [1.29, 1.82) is 0 Å². The van der Waals surface area contributed by atoms with Gasteiger partial charge in [0.05, 0.1) is 0 Å². The highest BCUT2D eigenvalue weighted by Crippen LogP contribution is 2.23. The average molecular weight is 303 g/mol. The number of hydrogen-bond donors (Lipinski definition) is 1. The molecule has 0 amide bonds. The highest BCUT2D eigenvalue weighted by Gasteiger charge is 2.27. The van der Waals surface area contributed by atoms with Crippen LogP contribution in [0.25, 0.3) is 0 Å². The molecule has 2 atom stereocenters. The third-order valence-corrected chi connectivity index (χ3v) is 3.69. The van der Waals surface area contributed by atoms with Crippen LogP contribution in [-0.2, 0) is 4.74 Å². The zero-order valence-electron chi connectivity index (χ0n) is 12.8. The van der Waals surface area contributed by atoms with Crippen molar-refractivity contribution < 1.29 is 17.9 Å². The van der Waals surface area contributed by atoms with Crippen LogP contribution < -0.4 is 5.32 Å². The van der Waals surface area contributed by atoms with Gasteiger partial charge in [-0.2, -0.15) is 13.2 Å². The first kappa shape index (κ1) is 18.0. The van der Waals surface area contributed by atoms with Crippen molar-refractivity contribution in [3.8, 4) is 0 Å². The maximum absolute atomic E-state index is 12.0. The van der Waals surface area contributed by atoms with Gasteiger partial charge in [0, 0.05) is 12.6 Å². The maximum atomic E-state index is 12.0. The van der Waals surface area contributed by atoms with Gasteiger partial charge in [-0.1, -0.05) is 38.1 Å². The Morgan fingerprint density at radius 2 is 1.71 bits per heavy atom. The number of nitrogens with one attached hydrogen (secondary N) is 1. The van der Waals surface area contributed by atoms with Crippen LogP contribution in [0.2, 0.25) is 0 Å². The summed E-state index contributed by atoms with van der Waals surface area (Å²) >= 11 is 0. The molecule has 2 nitrogen and oxygen atoms in total. The molecule has 1 aromatic rings. The first-order chi connectivity index (χ1) is 9.87. The van der Waals surface area contributed by atoms with E-state index in [1.807, 2.05) is 12.1 Å². The van der Waals surface area contributed by atoms with Crippen LogP contribution in [0.5, 0.6) is 0 Å². The predicted molar refractivity (Wildman–Crippen MR) is 78.4 cm³/mol. The second-order valence-corrected chi connectivity index (χ2v) is 5.27. The van der Waals surface area contributed by atoms with Crippen LogP contribution >= 0.6 is 0 Å². The van der Waals surface area contributed by atoms with Crippen molar-refractivity contribution >= 4 is 0 Å². The lowest BCUT2D eigenvalue weighted by Crippen LogP contribution is -2.21. The molecule has 1 rings (SSSR count). The zero-order valence-corrected chi connectivity index (χ0v) is 12.8. The Labute approximate surface area is 124 Å². The van der Waals surface area contributed by atoms with Crippen LogP contribution in [0.15, 0.2) is 24.3 Å². The Bertz CT molecular complexity index is 403. The first-order valence-corrected chi connectivity index (χ1v) is 7.29. The Morgan fingerprint density at radius 3 is 2.19 bits per heavy atom. The van der Waals surface area contributed by atoms with Crippen LogP contribution in [0.1, 0.15) is 49.8 Å². The van der Waals surface area contributed by atoms with Gasteiger partial charge < -0.3 is 10.1 Å². The molecule has 0 saturated heterocycles. The Hall–Kier alpha value is -1.07. The van der Waals surface area contributed by atoms with E-state index in [0.717, 1.165) is 12.0 Å². The van der Waals surface area contributed by atoms with Gasteiger partial charge in [-0.05, 0) is 36.9 Å². The molecule has 1 aromatic carbocycles. The van der Waals surface area contributed by atoms with Gasteiger partial charge >= 0.3 is 6.18 Å². The average Bonchev–Trinajstić information content (AvgIpc) is 2.46. The highest BCUT2D eigenvalue weighted by atomic mass is 19.4.